The molecule has 0 saturated heterocycles. The van der Waals surface area contributed by atoms with Crippen molar-refractivity contribution in [1.29, 1.82) is 0 Å². The summed E-state index contributed by atoms with van der Waals surface area (Å²) in [4.78, 5) is 21.6. The van der Waals surface area contributed by atoms with Gasteiger partial charge in [0.2, 0.25) is 5.91 Å². The number of nitrogens with zero attached hydrogens (tertiary/aromatic N) is 3. The predicted molar refractivity (Wildman–Crippen MR) is 104 cm³/mol. The maximum atomic E-state index is 13.9. The van der Waals surface area contributed by atoms with Gasteiger partial charge in [0.1, 0.15) is 10.8 Å². The Morgan fingerprint density at radius 1 is 1.23 bits per heavy atom. The molecule has 1 heterocycles. The third-order valence-corrected chi connectivity index (χ3v) is 5.79. The summed E-state index contributed by atoms with van der Waals surface area (Å²) in [6, 6.07) is 6.98. The first-order chi connectivity index (χ1) is 12.5. The van der Waals surface area contributed by atoms with Gasteiger partial charge in [-0.15, -0.1) is 11.3 Å². The van der Waals surface area contributed by atoms with Crippen molar-refractivity contribution in [3.63, 3.8) is 0 Å². The summed E-state index contributed by atoms with van der Waals surface area (Å²) < 4.78 is 13.9. The van der Waals surface area contributed by atoms with Gasteiger partial charge in [-0.25, -0.2) is 9.37 Å². The van der Waals surface area contributed by atoms with Crippen molar-refractivity contribution in [2.24, 2.45) is 0 Å². The maximum absolute atomic E-state index is 13.9. The Bertz CT molecular complexity index is 740. The zero-order chi connectivity index (χ0) is 18.5. The van der Waals surface area contributed by atoms with E-state index in [1.807, 2.05) is 24.4 Å². The zero-order valence-electron chi connectivity index (χ0n) is 15.4. The lowest BCUT2D eigenvalue weighted by atomic mass is 10.1. The molecule has 2 aromatic rings. The first-order valence-electron chi connectivity index (χ1n) is 9.18. The van der Waals surface area contributed by atoms with Gasteiger partial charge in [0.15, 0.2) is 0 Å². The van der Waals surface area contributed by atoms with Crippen LogP contribution in [0.25, 0.3) is 10.6 Å². The predicted octanol–water partition coefficient (Wildman–Crippen LogP) is 3.82. The highest BCUT2D eigenvalue weighted by atomic mass is 32.1. The van der Waals surface area contributed by atoms with E-state index in [4.69, 9.17) is 0 Å². The standard InChI is InChI=1S/C20H26FN3OS/c1-23(2)11-12-24(16-7-3-4-8-16)19(25)13-15-14-26-20(22-15)17-9-5-6-10-18(17)21/h5-6,9-10,14,16H,3-4,7-8,11-13H2,1-2H3. The molecule has 1 aromatic carbocycles. The quantitative estimate of drug-likeness (QED) is 0.738. The molecule has 1 aliphatic rings. The minimum atomic E-state index is -0.279. The molecule has 0 radical (unpaired) electrons. The van der Waals surface area contributed by atoms with Crippen molar-refractivity contribution < 1.29 is 9.18 Å². The molecule has 4 nitrogen and oxygen atoms in total. The van der Waals surface area contributed by atoms with Crippen molar-refractivity contribution in [2.45, 2.75) is 38.1 Å². The van der Waals surface area contributed by atoms with Crippen LogP contribution in [0.4, 0.5) is 4.39 Å². The third-order valence-electron chi connectivity index (χ3n) is 4.86. The number of hydrogen-bond acceptors (Lipinski definition) is 4. The van der Waals surface area contributed by atoms with Crippen LogP contribution >= 0.6 is 11.3 Å². The van der Waals surface area contributed by atoms with Crippen LogP contribution in [-0.2, 0) is 11.2 Å². The van der Waals surface area contributed by atoms with Gasteiger partial charge in [0, 0.05) is 30.1 Å². The van der Waals surface area contributed by atoms with Gasteiger partial charge in [-0.05, 0) is 39.1 Å². The Kier molecular flexibility index (Phi) is 6.38. The normalized spacial score (nSPS) is 14.9. The molecule has 26 heavy (non-hydrogen) atoms. The fourth-order valence-corrected chi connectivity index (χ4v) is 4.28. The molecule has 1 amide bonds. The molecule has 140 valence electrons. The number of likely N-dealkylation sites (N-methyl/N-ethyl adjacent to an activating group) is 1. The number of halogens is 1. The summed E-state index contributed by atoms with van der Waals surface area (Å²) in [7, 11) is 4.05. The second-order valence-corrected chi connectivity index (χ2v) is 7.99. The molecule has 0 atom stereocenters. The second-order valence-electron chi connectivity index (χ2n) is 7.13. The summed E-state index contributed by atoms with van der Waals surface area (Å²) in [5.74, 6) is -0.151. The molecule has 0 aliphatic heterocycles. The number of hydrogen-bond donors (Lipinski definition) is 0. The summed E-state index contributed by atoms with van der Waals surface area (Å²) in [5, 5.41) is 2.50. The van der Waals surface area contributed by atoms with E-state index in [0.29, 0.717) is 16.6 Å². The van der Waals surface area contributed by atoms with E-state index in [1.54, 1.807) is 18.2 Å². The molecule has 1 saturated carbocycles. The van der Waals surface area contributed by atoms with E-state index in [0.717, 1.165) is 31.6 Å². The molecular formula is C20H26FN3OS. The fourth-order valence-electron chi connectivity index (χ4n) is 3.44. The van der Waals surface area contributed by atoms with Gasteiger partial charge in [-0.3, -0.25) is 4.79 Å². The molecule has 0 N–H and O–H groups in total. The lowest BCUT2D eigenvalue weighted by Crippen LogP contribution is -2.43. The van der Waals surface area contributed by atoms with E-state index in [1.165, 1.54) is 30.2 Å². The monoisotopic (exact) mass is 375 g/mol. The lowest BCUT2D eigenvalue weighted by molar-refractivity contribution is -0.132. The summed E-state index contributed by atoms with van der Waals surface area (Å²) in [6.45, 7) is 1.61. The largest absolute Gasteiger partial charge is 0.338 e. The van der Waals surface area contributed by atoms with Gasteiger partial charge in [0.05, 0.1) is 12.1 Å². The van der Waals surface area contributed by atoms with Crippen LogP contribution in [0.5, 0.6) is 0 Å². The minimum absolute atomic E-state index is 0.129. The molecule has 1 aliphatic carbocycles. The Morgan fingerprint density at radius 2 is 1.96 bits per heavy atom. The molecule has 1 fully saturated rings. The van der Waals surface area contributed by atoms with Crippen LogP contribution in [0, 0.1) is 5.82 Å². The number of carbonyl (C=O) groups is 1. The van der Waals surface area contributed by atoms with Gasteiger partial charge in [-0.1, -0.05) is 25.0 Å². The number of thiazole rings is 1. The van der Waals surface area contributed by atoms with Gasteiger partial charge < -0.3 is 9.80 Å². The Labute approximate surface area is 158 Å². The highest BCUT2D eigenvalue weighted by molar-refractivity contribution is 7.13. The Balaban J connectivity index is 1.70. The second kappa shape index (κ2) is 8.73. The van der Waals surface area contributed by atoms with Crippen LogP contribution in [-0.4, -0.2) is 53.9 Å². The van der Waals surface area contributed by atoms with Crippen molar-refractivity contribution in [3.8, 4) is 10.6 Å². The third kappa shape index (κ3) is 4.68. The molecular weight excluding hydrogens is 349 g/mol. The van der Waals surface area contributed by atoms with E-state index in [2.05, 4.69) is 9.88 Å². The van der Waals surface area contributed by atoms with Crippen molar-refractivity contribution in [2.75, 3.05) is 27.2 Å². The molecule has 0 spiro atoms. The van der Waals surface area contributed by atoms with Crippen LogP contribution < -0.4 is 0 Å². The highest BCUT2D eigenvalue weighted by Crippen LogP contribution is 2.27. The summed E-state index contributed by atoms with van der Waals surface area (Å²) in [6.07, 6.45) is 4.87. The zero-order valence-corrected chi connectivity index (χ0v) is 16.3. The summed E-state index contributed by atoms with van der Waals surface area (Å²) in [5.41, 5.74) is 1.22. The Morgan fingerprint density at radius 3 is 2.65 bits per heavy atom. The van der Waals surface area contributed by atoms with Crippen molar-refractivity contribution >= 4 is 17.2 Å². The van der Waals surface area contributed by atoms with E-state index in [9.17, 15) is 9.18 Å². The smallest absolute Gasteiger partial charge is 0.228 e. The van der Waals surface area contributed by atoms with Crippen LogP contribution in [0.2, 0.25) is 0 Å². The van der Waals surface area contributed by atoms with Gasteiger partial charge in [0.25, 0.3) is 0 Å². The van der Waals surface area contributed by atoms with Crippen LogP contribution in [0.1, 0.15) is 31.4 Å². The van der Waals surface area contributed by atoms with E-state index >= 15 is 0 Å². The van der Waals surface area contributed by atoms with Crippen molar-refractivity contribution in [3.05, 3.63) is 41.2 Å². The van der Waals surface area contributed by atoms with Crippen molar-refractivity contribution in [1.82, 2.24) is 14.8 Å². The minimum Gasteiger partial charge on any atom is -0.338 e. The average molecular weight is 376 g/mol. The summed E-state index contributed by atoms with van der Waals surface area (Å²) >= 11 is 1.39. The first kappa shape index (κ1) is 19.0. The fraction of sp³-hybridized carbons (Fsp3) is 0.500. The number of amides is 1. The van der Waals surface area contributed by atoms with Gasteiger partial charge >= 0.3 is 0 Å². The highest BCUT2D eigenvalue weighted by Gasteiger charge is 2.27. The Hall–Kier alpha value is -1.79. The van der Waals surface area contributed by atoms with Crippen LogP contribution in [0.15, 0.2) is 29.6 Å². The number of carbonyl (C=O) groups excluding carboxylic acids is 1. The van der Waals surface area contributed by atoms with E-state index in [-0.39, 0.29) is 18.1 Å². The molecule has 0 unspecified atom stereocenters. The number of rotatable bonds is 7. The number of benzene rings is 1. The van der Waals surface area contributed by atoms with Gasteiger partial charge in [-0.2, -0.15) is 0 Å². The molecule has 1 aromatic heterocycles. The van der Waals surface area contributed by atoms with Crippen LogP contribution in [0.3, 0.4) is 0 Å². The topological polar surface area (TPSA) is 36.4 Å². The SMILES string of the molecule is CN(C)CCN(C(=O)Cc1csc(-c2ccccc2F)n1)C1CCCC1. The first-order valence-corrected chi connectivity index (χ1v) is 10.1. The molecule has 3 rings (SSSR count). The average Bonchev–Trinajstić information content (AvgIpc) is 3.27. The number of aromatic nitrogens is 1. The maximum Gasteiger partial charge on any atom is 0.228 e. The molecule has 0 bridgehead atoms. The molecule has 6 heteroatoms. The lowest BCUT2D eigenvalue weighted by Gasteiger charge is -2.30. The van der Waals surface area contributed by atoms with E-state index < -0.39 is 0 Å².